The molecule has 4 nitrogen and oxygen atoms in total. The predicted molar refractivity (Wildman–Crippen MR) is 40.5 cm³/mol. The van der Waals surface area contributed by atoms with Crippen LogP contribution in [0, 0.1) is 5.92 Å². The number of carboxylic acid groups (broad SMARTS) is 1. The smallest absolute Gasteiger partial charge is 0.307 e. The summed E-state index contributed by atoms with van der Waals surface area (Å²) in [6.45, 7) is 0. The van der Waals surface area contributed by atoms with Crippen LogP contribution in [0.15, 0.2) is 18.5 Å². The fourth-order valence-corrected chi connectivity index (χ4v) is 1.26. The Labute approximate surface area is 69.3 Å². The van der Waals surface area contributed by atoms with Gasteiger partial charge in [-0.15, -0.1) is 0 Å². The molecule has 0 aliphatic heterocycles. The number of aromatic nitrogens is 2. The van der Waals surface area contributed by atoms with Crippen molar-refractivity contribution in [2.75, 3.05) is 0 Å². The molecule has 1 aliphatic carbocycles. The molecule has 2 atom stereocenters. The van der Waals surface area contributed by atoms with E-state index >= 15 is 0 Å². The molecule has 62 valence electrons. The van der Waals surface area contributed by atoms with Crippen LogP contribution in [0.4, 0.5) is 0 Å². The third-order valence-electron chi connectivity index (χ3n) is 2.03. The summed E-state index contributed by atoms with van der Waals surface area (Å²) >= 11 is 0. The first-order valence-electron chi connectivity index (χ1n) is 3.79. The summed E-state index contributed by atoms with van der Waals surface area (Å²) in [5.74, 6) is -0.298. The first-order chi connectivity index (χ1) is 5.79. The number of carboxylic acids is 1. The van der Waals surface area contributed by atoms with Crippen LogP contribution < -0.4 is 0 Å². The Balaban J connectivity index is 2.11. The molecule has 0 spiro atoms. The van der Waals surface area contributed by atoms with Gasteiger partial charge in [0.05, 0.1) is 5.92 Å². The van der Waals surface area contributed by atoms with E-state index in [0.717, 1.165) is 0 Å². The number of rotatable bonds is 2. The minimum absolute atomic E-state index is 0.0451. The van der Waals surface area contributed by atoms with E-state index in [2.05, 4.69) is 9.97 Å². The highest BCUT2D eigenvalue weighted by atomic mass is 16.4. The highest BCUT2D eigenvalue weighted by Crippen LogP contribution is 2.45. The SMILES string of the molecule is O=C(O)[C@@H]1C[C@H]1c1ncccn1. The van der Waals surface area contributed by atoms with Gasteiger partial charge in [-0.2, -0.15) is 0 Å². The number of hydrogen-bond acceptors (Lipinski definition) is 3. The quantitative estimate of drug-likeness (QED) is 0.697. The Bertz CT molecular complexity index is 299. The van der Waals surface area contributed by atoms with Crippen LogP contribution in [0.2, 0.25) is 0 Å². The maximum absolute atomic E-state index is 10.5. The molecule has 1 aliphatic rings. The van der Waals surface area contributed by atoms with E-state index in [-0.39, 0.29) is 11.8 Å². The van der Waals surface area contributed by atoms with E-state index in [1.807, 2.05) is 0 Å². The standard InChI is InChI=1S/C8H8N2O2/c11-8(12)6-4-5(6)7-9-2-1-3-10-7/h1-3,5-6H,4H2,(H,11,12)/t5-,6-/m1/s1. The van der Waals surface area contributed by atoms with Gasteiger partial charge in [0.25, 0.3) is 0 Å². The van der Waals surface area contributed by atoms with Crippen molar-refractivity contribution >= 4 is 5.97 Å². The Morgan fingerprint density at radius 3 is 2.67 bits per heavy atom. The number of nitrogens with zero attached hydrogens (tertiary/aromatic N) is 2. The van der Waals surface area contributed by atoms with Gasteiger partial charge < -0.3 is 5.11 Å². The molecular formula is C8H8N2O2. The highest BCUT2D eigenvalue weighted by Gasteiger charge is 2.46. The number of aliphatic carboxylic acids is 1. The van der Waals surface area contributed by atoms with E-state index in [1.165, 1.54) is 0 Å². The van der Waals surface area contributed by atoms with Crippen molar-refractivity contribution < 1.29 is 9.90 Å². The van der Waals surface area contributed by atoms with Crippen molar-refractivity contribution in [3.8, 4) is 0 Å². The topological polar surface area (TPSA) is 63.1 Å². The molecule has 0 saturated heterocycles. The molecule has 12 heavy (non-hydrogen) atoms. The Morgan fingerprint density at radius 2 is 2.17 bits per heavy atom. The van der Waals surface area contributed by atoms with Crippen molar-refractivity contribution in [2.45, 2.75) is 12.3 Å². The lowest BCUT2D eigenvalue weighted by molar-refractivity contribution is -0.138. The molecule has 1 heterocycles. The van der Waals surface area contributed by atoms with Gasteiger partial charge in [0.15, 0.2) is 0 Å². The van der Waals surface area contributed by atoms with Crippen LogP contribution in [-0.2, 0) is 4.79 Å². The summed E-state index contributed by atoms with van der Waals surface area (Å²) in [5, 5.41) is 8.63. The highest BCUT2D eigenvalue weighted by molar-refractivity contribution is 5.74. The van der Waals surface area contributed by atoms with E-state index in [4.69, 9.17) is 5.11 Å². The number of carbonyl (C=O) groups is 1. The van der Waals surface area contributed by atoms with Crippen molar-refractivity contribution in [1.82, 2.24) is 9.97 Å². The lowest BCUT2D eigenvalue weighted by Gasteiger charge is -1.93. The maximum atomic E-state index is 10.5. The second-order valence-corrected chi connectivity index (χ2v) is 2.89. The van der Waals surface area contributed by atoms with Crippen molar-refractivity contribution in [2.24, 2.45) is 5.92 Å². The van der Waals surface area contributed by atoms with E-state index in [9.17, 15) is 4.79 Å². The molecule has 0 bridgehead atoms. The molecule has 0 aromatic carbocycles. The molecule has 1 aromatic heterocycles. The zero-order valence-corrected chi connectivity index (χ0v) is 6.34. The van der Waals surface area contributed by atoms with Crippen LogP contribution >= 0.6 is 0 Å². The average Bonchev–Trinajstić information content (AvgIpc) is 2.84. The minimum Gasteiger partial charge on any atom is -0.481 e. The molecule has 0 radical (unpaired) electrons. The van der Waals surface area contributed by atoms with Gasteiger partial charge in [0, 0.05) is 18.3 Å². The second-order valence-electron chi connectivity index (χ2n) is 2.89. The zero-order valence-electron chi connectivity index (χ0n) is 6.34. The van der Waals surface area contributed by atoms with Crippen molar-refractivity contribution in [3.63, 3.8) is 0 Å². The van der Waals surface area contributed by atoms with Crippen molar-refractivity contribution in [3.05, 3.63) is 24.3 Å². The third kappa shape index (κ3) is 1.15. The molecule has 0 unspecified atom stereocenters. The van der Waals surface area contributed by atoms with Crippen molar-refractivity contribution in [1.29, 1.82) is 0 Å². The van der Waals surface area contributed by atoms with Gasteiger partial charge in [0.2, 0.25) is 0 Å². The minimum atomic E-state index is -0.743. The summed E-state index contributed by atoms with van der Waals surface area (Å²) in [5.41, 5.74) is 0. The molecule has 1 N–H and O–H groups in total. The normalized spacial score (nSPS) is 26.7. The Kier molecular flexibility index (Phi) is 1.53. The summed E-state index contributed by atoms with van der Waals surface area (Å²) in [6, 6.07) is 1.72. The molecule has 0 amide bonds. The average molecular weight is 164 g/mol. The molecule has 2 rings (SSSR count). The summed E-state index contributed by atoms with van der Waals surface area (Å²) in [6.07, 6.45) is 3.96. The van der Waals surface area contributed by atoms with Crippen LogP contribution in [-0.4, -0.2) is 21.0 Å². The van der Waals surface area contributed by atoms with E-state index < -0.39 is 5.97 Å². The molecule has 1 fully saturated rings. The van der Waals surface area contributed by atoms with Gasteiger partial charge >= 0.3 is 5.97 Å². The first-order valence-corrected chi connectivity index (χ1v) is 3.79. The largest absolute Gasteiger partial charge is 0.481 e. The monoisotopic (exact) mass is 164 g/mol. The van der Waals surface area contributed by atoms with Gasteiger partial charge in [-0.1, -0.05) is 0 Å². The molecule has 1 aromatic rings. The summed E-state index contributed by atoms with van der Waals surface area (Å²) in [4.78, 5) is 18.5. The maximum Gasteiger partial charge on any atom is 0.307 e. The molecule has 1 saturated carbocycles. The van der Waals surface area contributed by atoms with Gasteiger partial charge in [-0.25, -0.2) is 9.97 Å². The first kappa shape index (κ1) is 7.21. The number of hydrogen-bond donors (Lipinski definition) is 1. The predicted octanol–water partition coefficient (Wildman–Crippen LogP) is 0.665. The fourth-order valence-electron chi connectivity index (χ4n) is 1.26. The van der Waals surface area contributed by atoms with E-state index in [0.29, 0.717) is 12.2 Å². The zero-order chi connectivity index (χ0) is 8.55. The van der Waals surface area contributed by atoms with Crippen LogP contribution in [0.5, 0.6) is 0 Å². The second kappa shape index (κ2) is 2.55. The van der Waals surface area contributed by atoms with Gasteiger partial charge in [0.1, 0.15) is 5.82 Å². The fraction of sp³-hybridized carbons (Fsp3) is 0.375. The Morgan fingerprint density at radius 1 is 1.50 bits per heavy atom. The summed E-state index contributed by atoms with van der Waals surface area (Å²) < 4.78 is 0. The van der Waals surface area contributed by atoms with E-state index in [1.54, 1.807) is 18.5 Å². The summed E-state index contributed by atoms with van der Waals surface area (Å²) in [7, 11) is 0. The lowest BCUT2D eigenvalue weighted by atomic mass is 10.3. The van der Waals surface area contributed by atoms with Gasteiger partial charge in [-0.3, -0.25) is 4.79 Å². The van der Waals surface area contributed by atoms with Gasteiger partial charge in [-0.05, 0) is 12.5 Å². The molecule has 4 heteroatoms. The molecular weight excluding hydrogens is 156 g/mol. The third-order valence-corrected chi connectivity index (χ3v) is 2.03. The van der Waals surface area contributed by atoms with Crippen LogP contribution in [0.25, 0.3) is 0 Å². The Hall–Kier alpha value is -1.45. The lowest BCUT2D eigenvalue weighted by Crippen LogP contribution is -2.00. The van der Waals surface area contributed by atoms with Crippen LogP contribution in [0.3, 0.4) is 0 Å². The van der Waals surface area contributed by atoms with Crippen LogP contribution in [0.1, 0.15) is 18.2 Å².